The Balaban J connectivity index is 2.19. The Morgan fingerprint density at radius 2 is 1.54 bits per heavy atom. The molecule has 0 aliphatic rings. The van der Waals surface area contributed by atoms with Crippen LogP contribution in [0.1, 0.15) is 36.7 Å². The first-order chi connectivity index (χ1) is 13.6. The number of amides is 1. The molecular weight excluding hydrogens is 360 g/mol. The number of methoxy groups -OCH3 is 1. The maximum atomic E-state index is 12.5. The molecule has 0 saturated heterocycles. The molecule has 1 amide bonds. The molecule has 0 aliphatic carbocycles. The van der Waals surface area contributed by atoms with Crippen LogP contribution < -0.4 is 24.4 Å². The molecule has 1 N–H and O–H groups in total. The van der Waals surface area contributed by atoms with Crippen molar-refractivity contribution >= 4 is 12.1 Å². The van der Waals surface area contributed by atoms with Gasteiger partial charge in [0.1, 0.15) is 5.75 Å². The van der Waals surface area contributed by atoms with Crippen molar-refractivity contribution in [3.63, 3.8) is 0 Å². The summed E-state index contributed by atoms with van der Waals surface area (Å²) < 4.78 is 22.0. The second-order valence-electron chi connectivity index (χ2n) is 5.57. The fraction of sp³-hybridized carbons (Fsp3) is 0.333. The summed E-state index contributed by atoms with van der Waals surface area (Å²) in [6, 6.07) is 10.6. The molecule has 7 nitrogen and oxygen atoms in total. The van der Waals surface area contributed by atoms with Crippen LogP contribution in [0.4, 0.5) is 0 Å². The first-order valence-electron chi connectivity index (χ1n) is 9.16. The summed E-state index contributed by atoms with van der Waals surface area (Å²) in [6.07, 6.45) is 1.55. The van der Waals surface area contributed by atoms with Crippen molar-refractivity contribution < 1.29 is 23.7 Å². The van der Waals surface area contributed by atoms with Gasteiger partial charge in [-0.3, -0.25) is 4.79 Å². The molecule has 0 aliphatic heterocycles. The van der Waals surface area contributed by atoms with E-state index in [2.05, 4.69) is 10.5 Å². The van der Waals surface area contributed by atoms with Crippen LogP contribution in [-0.2, 0) is 0 Å². The minimum Gasteiger partial charge on any atom is -0.497 e. The van der Waals surface area contributed by atoms with Gasteiger partial charge in [0.05, 0.1) is 33.1 Å². The molecule has 0 saturated carbocycles. The zero-order chi connectivity index (χ0) is 20.4. The third kappa shape index (κ3) is 5.64. The van der Waals surface area contributed by atoms with Gasteiger partial charge in [-0.1, -0.05) is 0 Å². The van der Waals surface area contributed by atoms with Crippen LogP contribution in [-0.4, -0.2) is 39.1 Å². The third-order valence-corrected chi connectivity index (χ3v) is 3.67. The molecule has 0 radical (unpaired) electrons. The Bertz CT molecular complexity index is 776. The number of ether oxygens (including phenoxy) is 4. The van der Waals surface area contributed by atoms with Gasteiger partial charge in [0.15, 0.2) is 11.5 Å². The number of nitrogens with one attached hydrogen (secondary N) is 1. The van der Waals surface area contributed by atoms with E-state index in [0.717, 1.165) is 11.3 Å². The number of benzene rings is 2. The highest BCUT2D eigenvalue weighted by Gasteiger charge is 2.18. The number of carbonyl (C=O) groups excluding carboxylic acids is 1. The molecule has 0 heterocycles. The molecule has 2 aromatic rings. The van der Waals surface area contributed by atoms with Gasteiger partial charge < -0.3 is 18.9 Å². The summed E-state index contributed by atoms with van der Waals surface area (Å²) in [6.45, 7) is 6.93. The minimum absolute atomic E-state index is 0.363. The molecule has 2 rings (SSSR count). The smallest absolute Gasteiger partial charge is 0.271 e. The summed E-state index contributed by atoms with van der Waals surface area (Å²) in [4.78, 5) is 12.5. The minimum atomic E-state index is -0.380. The van der Waals surface area contributed by atoms with Crippen LogP contribution in [0.5, 0.6) is 23.0 Å². The van der Waals surface area contributed by atoms with Gasteiger partial charge in [-0.25, -0.2) is 5.43 Å². The van der Waals surface area contributed by atoms with E-state index >= 15 is 0 Å². The molecule has 0 unspecified atom stereocenters. The first-order valence-corrected chi connectivity index (χ1v) is 9.16. The van der Waals surface area contributed by atoms with E-state index < -0.39 is 0 Å². The number of hydrogen-bond donors (Lipinski definition) is 1. The lowest BCUT2D eigenvalue weighted by Gasteiger charge is -2.16. The van der Waals surface area contributed by atoms with Crippen molar-refractivity contribution in [2.24, 2.45) is 5.10 Å². The maximum absolute atomic E-state index is 12.5. The monoisotopic (exact) mass is 386 g/mol. The summed E-state index contributed by atoms with van der Waals surface area (Å²) >= 11 is 0. The van der Waals surface area contributed by atoms with Crippen LogP contribution in [0.25, 0.3) is 0 Å². The van der Waals surface area contributed by atoms with Crippen LogP contribution in [0.15, 0.2) is 41.5 Å². The Labute approximate surface area is 165 Å². The van der Waals surface area contributed by atoms with Crippen molar-refractivity contribution in [2.45, 2.75) is 20.8 Å². The predicted octanol–water partition coefficient (Wildman–Crippen LogP) is 3.66. The van der Waals surface area contributed by atoms with Crippen LogP contribution in [0.3, 0.4) is 0 Å². The lowest BCUT2D eigenvalue weighted by Crippen LogP contribution is -2.18. The van der Waals surface area contributed by atoms with E-state index in [-0.39, 0.29) is 5.91 Å². The fourth-order valence-electron chi connectivity index (χ4n) is 2.44. The largest absolute Gasteiger partial charge is 0.497 e. The average Bonchev–Trinajstić information content (AvgIpc) is 2.71. The van der Waals surface area contributed by atoms with Crippen molar-refractivity contribution in [3.8, 4) is 23.0 Å². The second-order valence-corrected chi connectivity index (χ2v) is 5.57. The average molecular weight is 386 g/mol. The number of nitrogens with zero attached hydrogens (tertiary/aromatic N) is 1. The third-order valence-electron chi connectivity index (χ3n) is 3.67. The molecular formula is C21H26N2O5. The quantitative estimate of drug-likeness (QED) is 0.498. The lowest BCUT2D eigenvalue weighted by molar-refractivity contribution is 0.0954. The molecule has 0 bridgehead atoms. The summed E-state index contributed by atoms with van der Waals surface area (Å²) in [7, 11) is 1.60. The Hall–Kier alpha value is -3.22. The number of rotatable bonds is 10. The zero-order valence-corrected chi connectivity index (χ0v) is 16.7. The highest BCUT2D eigenvalue weighted by molar-refractivity contribution is 5.96. The molecule has 0 spiro atoms. The zero-order valence-electron chi connectivity index (χ0n) is 16.7. The summed E-state index contributed by atoms with van der Waals surface area (Å²) in [5.41, 5.74) is 3.71. The van der Waals surface area contributed by atoms with E-state index in [1.807, 2.05) is 45.0 Å². The van der Waals surface area contributed by atoms with Crippen LogP contribution in [0, 0.1) is 0 Å². The number of hydrogen-bond acceptors (Lipinski definition) is 6. The van der Waals surface area contributed by atoms with Gasteiger partial charge in [0, 0.05) is 5.56 Å². The van der Waals surface area contributed by atoms with Crippen molar-refractivity contribution in [1.82, 2.24) is 5.43 Å². The van der Waals surface area contributed by atoms with Gasteiger partial charge in [-0.15, -0.1) is 0 Å². The first kappa shape index (κ1) is 21.1. The van der Waals surface area contributed by atoms with Crippen LogP contribution >= 0.6 is 0 Å². The van der Waals surface area contributed by atoms with Gasteiger partial charge >= 0.3 is 0 Å². The lowest BCUT2D eigenvalue weighted by atomic mass is 10.1. The molecule has 150 valence electrons. The second kappa shape index (κ2) is 10.8. The normalized spacial score (nSPS) is 10.6. The van der Waals surface area contributed by atoms with E-state index in [1.165, 1.54) is 0 Å². The van der Waals surface area contributed by atoms with Crippen LogP contribution in [0.2, 0.25) is 0 Å². The van der Waals surface area contributed by atoms with E-state index in [0.29, 0.717) is 42.6 Å². The molecule has 0 aromatic heterocycles. The topological polar surface area (TPSA) is 78.4 Å². The Morgan fingerprint density at radius 3 is 2.04 bits per heavy atom. The van der Waals surface area contributed by atoms with Gasteiger partial charge in [0.2, 0.25) is 5.75 Å². The predicted molar refractivity (Wildman–Crippen MR) is 108 cm³/mol. The van der Waals surface area contributed by atoms with Gasteiger partial charge in [-0.2, -0.15) is 5.10 Å². The summed E-state index contributed by atoms with van der Waals surface area (Å²) in [5, 5.41) is 4.01. The van der Waals surface area contributed by atoms with Gasteiger partial charge in [0.25, 0.3) is 5.91 Å². The SMILES string of the molecule is CCOc1cc(C(=O)N/N=C\c2ccc(OC)cc2)cc(OCC)c1OCC. The molecule has 7 heteroatoms. The van der Waals surface area contributed by atoms with Gasteiger partial charge in [-0.05, 0) is 62.7 Å². The number of hydrazone groups is 1. The van der Waals surface area contributed by atoms with E-state index in [4.69, 9.17) is 18.9 Å². The molecule has 28 heavy (non-hydrogen) atoms. The maximum Gasteiger partial charge on any atom is 0.271 e. The highest BCUT2D eigenvalue weighted by Crippen LogP contribution is 2.39. The summed E-state index contributed by atoms with van der Waals surface area (Å²) in [5.74, 6) is 1.78. The molecule has 2 aromatic carbocycles. The Kier molecular flexibility index (Phi) is 8.14. The van der Waals surface area contributed by atoms with E-state index in [1.54, 1.807) is 25.5 Å². The molecule has 0 atom stereocenters. The highest BCUT2D eigenvalue weighted by atomic mass is 16.5. The molecule has 0 fully saturated rings. The standard InChI is InChI=1S/C21H26N2O5/c1-5-26-18-12-16(13-19(27-6-2)20(18)28-7-3)21(24)23-22-14-15-8-10-17(25-4)11-9-15/h8-14H,5-7H2,1-4H3,(H,23,24)/b22-14-. The fourth-order valence-corrected chi connectivity index (χ4v) is 2.44. The van der Waals surface area contributed by atoms with E-state index in [9.17, 15) is 4.79 Å². The van der Waals surface area contributed by atoms with Crippen molar-refractivity contribution in [3.05, 3.63) is 47.5 Å². The number of carbonyl (C=O) groups is 1. The van der Waals surface area contributed by atoms with Crippen molar-refractivity contribution in [1.29, 1.82) is 0 Å². The Morgan fingerprint density at radius 1 is 0.964 bits per heavy atom. The van der Waals surface area contributed by atoms with Crippen molar-refractivity contribution in [2.75, 3.05) is 26.9 Å².